The Kier molecular flexibility index (Phi) is 11.5. The molecule has 1 heterocycles. The van der Waals surface area contributed by atoms with Crippen LogP contribution in [0.2, 0.25) is 0 Å². The van der Waals surface area contributed by atoms with Crippen molar-refractivity contribution in [2.24, 2.45) is 11.7 Å². The molecule has 242 valence electrons. The summed E-state index contributed by atoms with van der Waals surface area (Å²) in [4.78, 5) is 56.0. The van der Waals surface area contributed by atoms with E-state index in [1.807, 2.05) is 61.5 Å². The number of aromatic hydroxyl groups is 1. The topological polar surface area (TPSA) is 187 Å². The Morgan fingerprint density at radius 3 is 2.07 bits per heavy atom. The van der Waals surface area contributed by atoms with E-state index in [1.165, 1.54) is 12.1 Å². The van der Waals surface area contributed by atoms with Crippen molar-refractivity contribution in [1.82, 2.24) is 20.9 Å². The molecular formula is C35H41N5O6. The summed E-state index contributed by atoms with van der Waals surface area (Å²) in [6, 6.07) is 18.5. The maximum Gasteiger partial charge on any atom is 0.326 e. The van der Waals surface area contributed by atoms with Gasteiger partial charge in [-0.2, -0.15) is 0 Å². The first-order valence-electron chi connectivity index (χ1n) is 15.3. The second-order valence-corrected chi connectivity index (χ2v) is 11.6. The van der Waals surface area contributed by atoms with E-state index in [0.717, 1.165) is 22.0 Å². The van der Waals surface area contributed by atoms with E-state index in [2.05, 4.69) is 20.9 Å². The second kappa shape index (κ2) is 15.7. The summed E-state index contributed by atoms with van der Waals surface area (Å²) >= 11 is 0. The van der Waals surface area contributed by atoms with Crippen molar-refractivity contribution in [1.29, 1.82) is 0 Å². The fraction of sp³-hybridized carbons (Fsp3) is 0.314. The first-order chi connectivity index (χ1) is 22.0. The fourth-order valence-corrected chi connectivity index (χ4v) is 5.25. The number of carbonyl (C=O) groups is 4. The number of aromatic amines is 1. The standard InChI is InChI=1S/C35H41N5O6/c1-3-21(2)31(34(44)39-30(35(45)46)18-23-13-15-25(41)16-14-23)40-33(43)29(19-24-20-37-28-12-8-7-11-26(24)28)38-32(42)27(36)17-22-9-5-4-6-10-22/h4-16,20-21,27,29-31,37,41H,3,17-19,36H2,1-2H3,(H,38,42)(H,39,44)(H,40,43)(H,45,46). The van der Waals surface area contributed by atoms with E-state index in [-0.39, 0.29) is 30.9 Å². The zero-order valence-corrected chi connectivity index (χ0v) is 25.9. The highest BCUT2D eigenvalue weighted by Gasteiger charge is 2.33. The van der Waals surface area contributed by atoms with Crippen LogP contribution in [-0.2, 0) is 38.4 Å². The van der Waals surface area contributed by atoms with E-state index >= 15 is 0 Å². The summed E-state index contributed by atoms with van der Waals surface area (Å²) in [5, 5.41) is 28.5. The van der Waals surface area contributed by atoms with E-state index in [0.29, 0.717) is 12.0 Å². The monoisotopic (exact) mass is 627 g/mol. The van der Waals surface area contributed by atoms with Gasteiger partial charge in [-0.25, -0.2) is 4.79 Å². The number of nitrogens with two attached hydrogens (primary N) is 1. The molecule has 11 nitrogen and oxygen atoms in total. The van der Waals surface area contributed by atoms with Gasteiger partial charge in [0.2, 0.25) is 17.7 Å². The molecular weight excluding hydrogens is 586 g/mol. The smallest absolute Gasteiger partial charge is 0.326 e. The Morgan fingerprint density at radius 2 is 1.39 bits per heavy atom. The highest BCUT2D eigenvalue weighted by atomic mass is 16.4. The molecule has 11 heteroatoms. The molecule has 46 heavy (non-hydrogen) atoms. The molecule has 0 radical (unpaired) electrons. The third-order valence-corrected chi connectivity index (χ3v) is 8.15. The van der Waals surface area contributed by atoms with E-state index < -0.39 is 47.9 Å². The lowest BCUT2D eigenvalue weighted by molar-refractivity contribution is -0.142. The minimum Gasteiger partial charge on any atom is -0.508 e. The molecule has 5 unspecified atom stereocenters. The number of para-hydroxylation sites is 1. The number of hydrogen-bond donors (Lipinski definition) is 7. The largest absolute Gasteiger partial charge is 0.508 e. The zero-order valence-electron chi connectivity index (χ0n) is 25.9. The number of phenols is 1. The maximum atomic E-state index is 13.9. The van der Waals surface area contributed by atoms with Crippen molar-refractivity contribution >= 4 is 34.6 Å². The number of amides is 3. The van der Waals surface area contributed by atoms with Gasteiger partial charge >= 0.3 is 5.97 Å². The Morgan fingerprint density at radius 1 is 0.761 bits per heavy atom. The summed E-state index contributed by atoms with van der Waals surface area (Å²) < 4.78 is 0. The zero-order chi connectivity index (χ0) is 33.2. The molecule has 4 rings (SSSR count). The number of carbonyl (C=O) groups excluding carboxylic acids is 3. The Labute approximate surface area is 267 Å². The summed E-state index contributed by atoms with van der Waals surface area (Å²) in [5.74, 6) is -3.35. The van der Waals surface area contributed by atoms with E-state index in [4.69, 9.17) is 5.73 Å². The molecule has 0 aliphatic carbocycles. The van der Waals surface area contributed by atoms with Crippen LogP contribution in [0.25, 0.3) is 10.9 Å². The van der Waals surface area contributed by atoms with Gasteiger partial charge in [-0.3, -0.25) is 14.4 Å². The minimum absolute atomic E-state index is 0.0267. The number of carboxylic acid groups (broad SMARTS) is 1. The predicted molar refractivity (Wildman–Crippen MR) is 175 cm³/mol. The molecule has 5 atom stereocenters. The Bertz CT molecular complexity index is 1640. The van der Waals surface area contributed by atoms with Crippen LogP contribution in [-0.4, -0.2) is 63.1 Å². The molecule has 8 N–H and O–H groups in total. The molecule has 0 aliphatic heterocycles. The number of phenolic OH excluding ortho intramolecular Hbond substituents is 1. The normalized spacial score (nSPS) is 14.4. The lowest BCUT2D eigenvalue weighted by atomic mass is 9.96. The molecule has 3 aromatic carbocycles. The summed E-state index contributed by atoms with van der Waals surface area (Å²) in [5.41, 5.74) is 9.38. The lowest BCUT2D eigenvalue weighted by Crippen LogP contribution is -2.59. The number of rotatable bonds is 15. The van der Waals surface area contributed by atoms with Gasteiger partial charge in [0.1, 0.15) is 23.9 Å². The number of aromatic nitrogens is 1. The number of fused-ring (bicyclic) bond motifs is 1. The second-order valence-electron chi connectivity index (χ2n) is 11.6. The van der Waals surface area contributed by atoms with Gasteiger partial charge in [0.05, 0.1) is 6.04 Å². The molecule has 0 bridgehead atoms. The summed E-state index contributed by atoms with van der Waals surface area (Å²) in [7, 11) is 0. The quantitative estimate of drug-likeness (QED) is 0.106. The Balaban J connectivity index is 1.54. The van der Waals surface area contributed by atoms with Gasteiger partial charge in [-0.1, -0.05) is 80.9 Å². The van der Waals surface area contributed by atoms with Crippen LogP contribution >= 0.6 is 0 Å². The lowest BCUT2D eigenvalue weighted by Gasteiger charge is -2.28. The summed E-state index contributed by atoms with van der Waals surface area (Å²) in [6.45, 7) is 3.64. The average Bonchev–Trinajstić information content (AvgIpc) is 3.46. The van der Waals surface area contributed by atoms with Gasteiger partial charge in [0.15, 0.2) is 0 Å². The van der Waals surface area contributed by atoms with Crippen LogP contribution in [0.1, 0.15) is 37.0 Å². The van der Waals surface area contributed by atoms with E-state index in [1.54, 1.807) is 25.3 Å². The van der Waals surface area contributed by atoms with Gasteiger partial charge in [-0.05, 0) is 47.2 Å². The van der Waals surface area contributed by atoms with E-state index in [9.17, 15) is 29.4 Å². The molecule has 1 aromatic heterocycles. The molecule has 4 aromatic rings. The maximum absolute atomic E-state index is 13.9. The molecule has 0 fully saturated rings. The molecule has 3 amide bonds. The third kappa shape index (κ3) is 8.95. The predicted octanol–water partition coefficient (Wildman–Crippen LogP) is 2.81. The van der Waals surface area contributed by atoms with Crippen LogP contribution in [0.4, 0.5) is 0 Å². The van der Waals surface area contributed by atoms with Crippen LogP contribution in [0, 0.1) is 5.92 Å². The number of carboxylic acids is 1. The number of hydrogen-bond acceptors (Lipinski definition) is 6. The first-order valence-corrected chi connectivity index (χ1v) is 15.3. The fourth-order valence-electron chi connectivity index (χ4n) is 5.25. The average molecular weight is 628 g/mol. The van der Waals surface area contributed by atoms with Crippen molar-refractivity contribution in [3.05, 3.63) is 102 Å². The van der Waals surface area contributed by atoms with Crippen molar-refractivity contribution in [2.75, 3.05) is 0 Å². The number of nitrogens with one attached hydrogen (secondary N) is 4. The molecule has 0 aliphatic rings. The van der Waals surface area contributed by atoms with Crippen molar-refractivity contribution in [3.8, 4) is 5.75 Å². The van der Waals surface area contributed by atoms with Crippen molar-refractivity contribution in [3.63, 3.8) is 0 Å². The van der Waals surface area contributed by atoms with Crippen molar-refractivity contribution < 1.29 is 29.4 Å². The van der Waals surface area contributed by atoms with Gasteiger partial charge < -0.3 is 36.9 Å². The van der Waals surface area contributed by atoms with Crippen molar-refractivity contribution in [2.45, 2.75) is 63.7 Å². The number of aliphatic carboxylic acids is 1. The minimum atomic E-state index is -1.28. The SMILES string of the molecule is CCC(C)C(NC(=O)C(Cc1c[nH]c2ccccc12)NC(=O)C(N)Cc1ccccc1)C(=O)NC(Cc1ccc(O)cc1)C(=O)O. The molecule has 0 saturated heterocycles. The van der Waals surface area contributed by atoms with Crippen LogP contribution in [0.3, 0.4) is 0 Å². The summed E-state index contributed by atoms with van der Waals surface area (Å²) in [6.07, 6.45) is 2.65. The molecule has 0 spiro atoms. The number of H-pyrrole nitrogens is 1. The van der Waals surface area contributed by atoms with Crippen LogP contribution in [0.15, 0.2) is 85.1 Å². The number of benzene rings is 3. The molecule has 0 saturated carbocycles. The van der Waals surface area contributed by atoms with Gasteiger partial charge in [0.25, 0.3) is 0 Å². The van der Waals surface area contributed by atoms with Gasteiger partial charge in [0, 0.05) is 29.9 Å². The highest BCUT2D eigenvalue weighted by Crippen LogP contribution is 2.20. The Hall–Kier alpha value is -5.16. The third-order valence-electron chi connectivity index (χ3n) is 8.15. The van der Waals surface area contributed by atoms with Crippen LogP contribution < -0.4 is 21.7 Å². The van der Waals surface area contributed by atoms with Gasteiger partial charge in [-0.15, -0.1) is 0 Å². The highest BCUT2D eigenvalue weighted by molar-refractivity contribution is 5.95. The van der Waals surface area contributed by atoms with Crippen LogP contribution in [0.5, 0.6) is 5.75 Å². The first kappa shape index (κ1) is 33.7.